The Kier molecular flexibility index (Phi) is 8.29. The number of aryl methyl sites for hydroxylation is 1. The number of anilines is 1. The van der Waals surface area contributed by atoms with E-state index in [9.17, 15) is 10.1 Å². The smallest absolute Gasteiger partial charge is 0.266 e. The van der Waals surface area contributed by atoms with Crippen molar-refractivity contribution < 1.29 is 9.53 Å². The van der Waals surface area contributed by atoms with Gasteiger partial charge in [-0.1, -0.05) is 64.6 Å². The number of nitrogens with zero attached hydrogens (tertiary/aromatic N) is 1. The molecular formula is C25H18Cl4N2O2. The quantitative estimate of drug-likeness (QED) is 0.264. The highest BCUT2D eigenvalue weighted by molar-refractivity contribution is 6.37. The zero-order valence-corrected chi connectivity index (χ0v) is 20.7. The van der Waals surface area contributed by atoms with Crippen molar-refractivity contribution in [2.45, 2.75) is 20.5 Å². The Hall–Kier alpha value is -2.68. The standard InChI is InChI=1S/C25H18Cl4N2O2/c1-14-4-3-5-23(15(14)2)31-25(32)18(12-30)8-16-9-21(28)24(22(29)10-16)33-13-17-6-7-19(26)11-20(17)27/h3-11H,13H2,1-2H3,(H,31,32)/b18-8+. The molecule has 8 heteroatoms. The van der Waals surface area contributed by atoms with Crippen LogP contribution in [0.3, 0.4) is 0 Å². The highest BCUT2D eigenvalue weighted by Crippen LogP contribution is 2.36. The van der Waals surface area contributed by atoms with E-state index in [1.807, 2.05) is 32.0 Å². The van der Waals surface area contributed by atoms with E-state index in [0.717, 1.165) is 11.1 Å². The lowest BCUT2D eigenvalue weighted by molar-refractivity contribution is -0.112. The van der Waals surface area contributed by atoms with Gasteiger partial charge in [-0.25, -0.2) is 0 Å². The van der Waals surface area contributed by atoms with Gasteiger partial charge in [0.2, 0.25) is 0 Å². The van der Waals surface area contributed by atoms with E-state index < -0.39 is 5.91 Å². The second-order valence-corrected chi connectivity index (χ2v) is 8.87. The molecule has 0 unspecified atom stereocenters. The predicted octanol–water partition coefficient (Wildman–Crippen LogP) is 8.04. The highest BCUT2D eigenvalue weighted by Gasteiger charge is 2.14. The lowest BCUT2D eigenvalue weighted by atomic mass is 10.1. The van der Waals surface area contributed by atoms with Gasteiger partial charge in [-0.3, -0.25) is 4.79 Å². The number of carbonyl (C=O) groups is 1. The average Bonchev–Trinajstić information content (AvgIpc) is 2.75. The molecule has 0 radical (unpaired) electrons. The van der Waals surface area contributed by atoms with Crippen LogP contribution in [0, 0.1) is 25.2 Å². The first-order valence-corrected chi connectivity index (χ1v) is 11.3. The molecule has 0 aliphatic rings. The molecule has 0 spiro atoms. The van der Waals surface area contributed by atoms with Crippen molar-refractivity contribution in [1.82, 2.24) is 0 Å². The molecule has 0 aliphatic heterocycles. The Morgan fingerprint density at radius 2 is 1.73 bits per heavy atom. The fraction of sp³-hybridized carbons (Fsp3) is 0.120. The van der Waals surface area contributed by atoms with Crippen LogP contribution < -0.4 is 10.1 Å². The zero-order valence-electron chi connectivity index (χ0n) is 17.7. The molecule has 0 fully saturated rings. The molecule has 0 heterocycles. The maximum atomic E-state index is 12.6. The third-order valence-electron chi connectivity index (χ3n) is 4.94. The SMILES string of the molecule is Cc1cccc(NC(=O)/C(C#N)=C/c2cc(Cl)c(OCc3ccc(Cl)cc3Cl)c(Cl)c2)c1C. The number of carbonyl (C=O) groups excluding carboxylic acids is 1. The first-order valence-electron chi connectivity index (χ1n) is 9.74. The Bertz CT molecular complexity index is 1270. The Morgan fingerprint density at radius 3 is 2.36 bits per heavy atom. The van der Waals surface area contributed by atoms with Crippen LogP contribution in [0.25, 0.3) is 6.08 Å². The largest absolute Gasteiger partial charge is 0.486 e. The van der Waals surface area contributed by atoms with Crippen LogP contribution in [0.4, 0.5) is 5.69 Å². The van der Waals surface area contributed by atoms with Crippen LogP contribution in [0.2, 0.25) is 20.1 Å². The Labute approximate surface area is 212 Å². The first-order chi connectivity index (χ1) is 15.7. The summed E-state index contributed by atoms with van der Waals surface area (Å²) < 4.78 is 5.76. The van der Waals surface area contributed by atoms with Gasteiger partial charge in [0.1, 0.15) is 18.2 Å². The van der Waals surface area contributed by atoms with Crippen molar-refractivity contribution in [3.8, 4) is 11.8 Å². The van der Waals surface area contributed by atoms with E-state index in [4.69, 9.17) is 51.1 Å². The molecule has 0 saturated heterocycles. The summed E-state index contributed by atoms with van der Waals surface area (Å²) in [5.74, 6) is -0.268. The van der Waals surface area contributed by atoms with E-state index in [2.05, 4.69) is 5.32 Å². The van der Waals surface area contributed by atoms with E-state index in [1.54, 1.807) is 36.4 Å². The molecular weight excluding hydrogens is 502 g/mol. The number of halogens is 4. The molecule has 3 aromatic carbocycles. The van der Waals surface area contributed by atoms with Gasteiger partial charge in [0.15, 0.2) is 5.75 Å². The molecule has 1 N–H and O–H groups in total. The van der Waals surface area contributed by atoms with Gasteiger partial charge in [0.05, 0.1) is 10.0 Å². The molecule has 0 aromatic heterocycles. The normalized spacial score (nSPS) is 11.1. The summed E-state index contributed by atoms with van der Waals surface area (Å²) in [6, 6.07) is 15.7. The zero-order chi connectivity index (χ0) is 24.1. The predicted molar refractivity (Wildman–Crippen MR) is 135 cm³/mol. The van der Waals surface area contributed by atoms with Crippen LogP contribution >= 0.6 is 46.4 Å². The van der Waals surface area contributed by atoms with Gasteiger partial charge in [0, 0.05) is 21.3 Å². The maximum absolute atomic E-state index is 12.6. The molecule has 3 rings (SSSR count). The topological polar surface area (TPSA) is 62.1 Å². The van der Waals surface area contributed by atoms with Gasteiger partial charge < -0.3 is 10.1 Å². The minimum Gasteiger partial charge on any atom is -0.486 e. The van der Waals surface area contributed by atoms with E-state index in [-0.39, 0.29) is 28.0 Å². The van der Waals surface area contributed by atoms with Crippen molar-refractivity contribution in [3.63, 3.8) is 0 Å². The van der Waals surface area contributed by atoms with Crippen LogP contribution in [0.1, 0.15) is 22.3 Å². The summed E-state index contributed by atoms with van der Waals surface area (Å²) in [4.78, 5) is 12.6. The fourth-order valence-electron chi connectivity index (χ4n) is 2.98. The van der Waals surface area contributed by atoms with Crippen LogP contribution in [-0.4, -0.2) is 5.91 Å². The lowest BCUT2D eigenvalue weighted by Crippen LogP contribution is -2.14. The Morgan fingerprint density at radius 1 is 1.03 bits per heavy atom. The van der Waals surface area contributed by atoms with Gasteiger partial charge in [0.25, 0.3) is 5.91 Å². The third kappa shape index (κ3) is 6.22. The van der Waals surface area contributed by atoms with Crippen LogP contribution in [-0.2, 0) is 11.4 Å². The number of rotatable bonds is 6. The van der Waals surface area contributed by atoms with Gasteiger partial charge in [-0.15, -0.1) is 0 Å². The molecule has 168 valence electrons. The minimum atomic E-state index is -0.531. The van der Waals surface area contributed by atoms with Crippen molar-refractivity contribution in [2.75, 3.05) is 5.32 Å². The van der Waals surface area contributed by atoms with E-state index in [0.29, 0.717) is 26.9 Å². The molecule has 4 nitrogen and oxygen atoms in total. The minimum absolute atomic E-state index is 0.0929. The van der Waals surface area contributed by atoms with Crippen LogP contribution in [0.5, 0.6) is 5.75 Å². The van der Waals surface area contributed by atoms with Gasteiger partial charge in [-0.2, -0.15) is 5.26 Å². The molecule has 1 amide bonds. The number of amides is 1. The monoisotopic (exact) mass is 518 g/mol. The molecule has 0 saturated carbocycles. The van der Waals surface area contributed by atoms with Crippen molar-refractivity contribution in [1.29, 1.82) is 5.26 Å². The lowest BCUT2D eigenvalue weighted by Gasteiger charge is -2.12. The van der Waals surface area contributed by atoms with Crippen molar-refractivity contribution in [3.05, 3.63) is 96.4 Å². The molecule has 33 heavy (non-hydrogen) atoms. The average molecular weight is 520 g/mol. The summed E-state index contributed by atoms with van der Waals surface area (Å²) >= 11 is 24.8. The first kappa shape index (κ1) is 25.0. The summed E-state index contributed by atoms with van der Waals surface area (Å²) in [6.07, 6.45) is 1.41. The molecule has 0 bridgehead atoms. The second kappa shape index (κ2) is 11.0. The van der Waals surface area contributed by atoms with E-state index >= 15 is 0 Å². The molecule has 0 atom stereocenters. The highest BCUT2D eigenvalue weighted by atomic mass is 35.5. The summed E-state index contributed by atoms with van der Waals surface area (Å²) in [5.41, 5.74) is 3.70. The third-order valence-corrected chi connectivity index (χ3v) is 6.09. The second-order valence-electron chi connectivity index (χ2n) is 7.21. The number of hydrogen-bond donors (Lipinski definition) is 1. The fourth-order valence-corrected chi connectivity index (χ4v) is 4.06. The number of ether oxygens (including phenoxy) is 1. The number of hydrogen-bond acceptors (Lipinski definition) is 3. The van der Waals surface area contributed by atoms with Crippen molar-refractivity contribution in [2.24, 2.45) is 0 Å². The maximum Gasteiger partial charge on any atom is 0.266 e. The van der Waals surface area contributed by atoms with Gasteiger partial charge >= 0.3 is 0 Å². The summed E-state index contributed by atoms with van der Waals surface area (Å²) in [7, 11) is 0. The van der Waals surface area contributed by atoms with Crippen LogP contribution in [0.15, 0.2) is 54.1 Å². The summed E-state index contributed by atoms with van der Waals surface area (Å²) in [6.45, 7) is 3.98. The van der Waals surface area contributed by atoms with E-state index in [1.165, 1.54) is 6.08 Å². The molecule has 0 aliphatic carbocycles. The number of nitriles is 1. The van der Waals surface area contributed by atoms with Gasteiger partial charge in [-0.05, 0) is 66.9 Å². The summed E-state index contributed by atoms with van der Waals surface area (Å²) in [5, 5.41) is 13.7. The number of benzene rings is 3. The molecule has 3 aromatic rings. The van der Waals surface area contributed by atoms with Crippen molar-refractivity contribution >= 4 is 64.1 Å². The number of nitrogens with one attached hydrogen (secondary N) is 1. The Balaban J connectivity index is 1.80.